The Hall–Kier alpha value is -0.0800. The van der Waals surface area contributed by atoms with Crippen molar-refractivity contribution < 1.29 is 9.84 Å². The molecule has 104 valence electrons. The van der Waals surface area contributed by atoms with Crippen LogP contribution in [0.5, 0.6) is 0 Å². The maximum Gasteiger partial charge on any atom is 0.155 e. The molecule has 5 atom stereocenters. The van der Waals surface area contributed by atoms with E-state index in [0.717, 1.165) is 18.8 Å². The molecule has 3 aliphatic rings. The van der Waals surface area contributed by atoms with E-state index in [2.05, 4.69) is 27.7 Å². The number of hydrogen-bond donors (Lipinski definition) is 1. The molecule has 2 nitrogen and oxygen atoms in total. The smallest absolute Gasteiger partial charge is 0.155 e. The van der Waals surface area contributed by atoms with Crippen LogP contribution in [0, 0.1) is 22.7 Å². The largest absolute Gasteiger partial charge is 0.368 e. The molecule has 0 aromatic carbocycles. The number of ether oxygens (including phenoxy) is 1. The van der Waals surface area contributed by atoms with Crippen molar-refractivity contribution >= 4 is 0 Å². The molecule has 1 N–H and O–H groups in total. The van der Waals surface area contributed by atoms with Gasteiger partial charge in [0.05, 0.1) is 5.60 Å². The van der Waals surface area contributed by atoms with Crippen LogP contribution in [0.2, 0.25) is 0 Å². The van der Waals surface area contributed by atoms with E-state index in [-0.39, 0.29) is 5.60 Å². The predicted molar refractivity (Wildman–Crippen MR) is 72.1 cm³/mol. The average molecular weight is 252 g/mol. The Labute approximate surface area is 111 Å². The molecule has 18 heavy (non-hydrogen) atoms. The maximum atomic E-state index is 9.94. The fourth-order valence-electron chi connectivity index (χ4n) is 5.83. The van der Waals surface area contributed by atoms with Crippen molar-refractivity contribution in [2.24, 2.45) is 22.7 Å². The third-order valence-electron chi connectivity index (χ3n) is 6.58. The second-order valence-electron chi connectivity index (χ2n) is 8.11. The molecule has 2 saturated carbocycles. The molecule has 2 heteroatoms. The Morgan fingerprint density at radius 3 is 2.44 bits per heavy atom. The minimum Gasteiger partial charge on any atom is -0.368 e. The fraction of sp³-hybridized carbons (Fsp3) is 1.00. The molecule has 1 saturated heterocycles. The van der Waals surface area contributed by atoms with Crippen molar-refractivity contribution in [1.82, 2.24) is 0 Å². The summed E-state index contributed by atoms with van der Waals surface area (Å²) in [4.78, 5) is 0. The Morgan fingerprint density at radius 2 is 1.72 bits per heavy atom. The van der Waals surface area contributed by atoms with Crippen LogP contribution in [-0.2, 0) is 4.74 Å². The molecular formula is C16H28O2. The summed E-state index contributed by atoms with van der Waals surface area (Å²) < 4.78 is 5.89. The van der Waals surface area contributed by atoms with Crippen LogP contribution >= 0.6 is 0 Å². The molecule has 5 unspecified atom stereocenters. The van der Waals surface area contributed by atoms with E-state index >= 15 is 0 Å². The number of rotatable bonds is 0. The highest BCUT2D eigenvalue weighted by atomic mass is 16.6. The number of fused-ring (bicyclic) bond motifs is 3. The van der Waals surface area contributed by atoms with Gasteiger partial charge >= 0.3 is 0 Å². The highest BCUT2D eigenvalue weighted by Gasteiger charge is 2.61. The zero-order valence-corrected chi connectivity index (χ0v) is 12.3. The number of hydrogen-bond acceptors (Lipinski definition) is 2. The molecule has 0 aromatic heterocycles. The lowest BCUT2D eigenvalue weighted by molar-refractivity contribution is -0.181. The first-order valence-corrected chi connectivity index (χ1v) is 7.64. The summed E-state index contributed by atoms with van der Waals surface area (Å²) in [6.45, 7) is 9.60. The molecule has 0 spiro atoms. The minimum atomic E-state index is -0.527. The van der Waals surface area contributed by atoms with Crippen LogP contribution in [0.15, 0.2) is 0 Å². The van der Waals surface area contributed by atoms with E-state index in [1.54, 1.807) is 0 Å². The summed E-state index contributed by atoms with van der Waals surface area (Å²) in [5.74, 6) is 1.34. The zero-order valence-electron chi connectivity index (χ0n) is 12.3. The molecule has 3 fully saturated rings. The van der Waals surface area contributed by atoms with E-state index in [1.165, 1.54) is 25.7 Å². The lowest BCUT2D eigenvalue weighted by Gasteiger charge is -2.60. The fourth-order valence-corrected chi connectivity index (χ4v) is 5.83. The van der Waals surface area contributed by atoms with Crippen molar-refractivity contribution in [3.63, 3.8) is 0 Å². The summed E-state index contributed by atoms with van der Waals surface area (Å²) in [5, 5.41) is 9.94. The number of aliphatic hydroxyl groups excluding tert-OH is 1. The van der Waals surface area contributed by atoms with Gasteiger partial charge < -0.3 is 9.84 Å². The second kappa shape index (κ2) is 3.73. The van der Waals surface area contributed by atoms with E-state index in [4.69, 9.17) is 4.74 Å². The Balaban J connectivity index is 1.98. The second-order valence-corrected chi connectivity index (χ2v) is 8.11. The standard InChI is InChI=1S/C16H28O2/c1-14(2)7-5-8-15(3)11(14)6-9-16(4)12(15)10-13(17)18-16/h11-13,17H,5-10H2,1-4H3. The van der Waals surface area contributed by atoms with Crippen LogP contribution in [-0.4, -0.2) is 17.0 Å². The van der Waals surface area contributed by atoms with E-state index < -0.39 is 6.29 Å². The van der Waals surface area contributed by atoms with Gasteiger partial charge in [0.25, 0.3) is 0 Å². The first kappa shape index (κ1) is 12.9. The Bertz CT molecular complexity index is 351. The Morgan fingerprint density at radius 1 is 1.00 bits per heavy atom. The van der Waals surface area contributed by atoms with Gasteiger partial charge in [-0.05, 0) is 55.3 Å². The van der Waals surface area contributed by atoms with Gasteiger partial charge in [-0.25, -0.2) is 0 Å². The average Bonchev–Trinajstić information content (AvgIpc) is 2.53. The van der Waals surface area contributed by atoms with Crippen LogP contribution in [0.4, 0.5) is 0 Å². The van der Waals surface area contributed by atoms with Crippen molar-refractivity contribution in [1.29, 1.82) is 0 Å². The van der Waals surface area contributed by atoms with Gasteiger partial charge in [-0.3, -0.25) is 0 Å². The number of aliphatic hydroxyl groups is 1. The summed E-state index contributed by atoms with van der Waals surface area (Å²) in [6, 6.07) is 0. The summed E-state index contributed by atoms with van der Waals surface area (Å²) >= 11 is 0. The summed E-state index contributed by atoms with van der Waals surface area (Å²) in [7, 11) is 0. The topological polar surface area (TPSA) is 29.5 Å². The molecule has 1 heterocycles. The SMILES string of the molecule is CC1(C)CCCC2(C)C1CCC1(C)OC(O)CC12. The molecular weight excluding hydrogens is 224 g/mol. The van der Waals surface area contributed by atoms with E-state index in [9.17, 15) is 5.11 Å². The highest BCUT2D eigenvalue weighted by molar-refractivity contribution is 5.10. The molecule has 0 amide bonds. The molecule has 0 radical (unpaired) electrons. The normalized spacial score (nSPS) is 54.8. The summed E-state index contributed by atoms with van der Waals surface area (Å²) in [6.07, 6.45) is 6.72. The quantitative estimate of drug-likeness (QED) is 0.712. The third kappa shape index (κ3) is 1.61. The lowest BCUT2D eigenvalue weighted by atomic mass is 9.45. The van der Waals surface area contributed by atoms with Crippen LogP contribution in [0.25, 0.3) is 0 Å². The zero-order chi connectivity index (χ0) is 13.2. The van der Waals surface area contributed by atoms with E-state index in [1.807, 2.05) is 0 Å². The maximum absolute atomic E-state index is 9.94. The van der Waals surface area contributed by atoms with Gasteiger partial charge in [0.2, 0.25) is 0 Å². The predicted octanol–water partition coefficient (Wildman–Crippen LogP) is 3.73. The van der Waals surface area contributed by atoms with Gasteiger partial charge in [0, 0.05) is 6.42 Å². The molecule has 2 aliphatic carbocycles. The monoisotopic (exact) mass is 252 g/mol. The van der Waals surface area contributed by atoms with Gasteiger partial charge in [0.1, 0.15) is 0 Å². The first-order valence-electron chi connectivity index (χ1n) is 7.64. The van der Waals surface area contributed by atoms with Crippen LogP contribution in [0.1, 0.15) is 66.2 Å². The molecule has 1 aliphatic heterocycles. The van der Waals surface area contributed by atoms with Gasteiger partial charge in [-0.1, -0.05) is 27.2 Å². The first-order chi connectivity index (χ1) is 8.28. The van der Waals surface area contributed by atoms with Crippen molar-refractivity contribution in [3.05, 3.63) is 0 Å². The van der Waals surface area contributed by atoms with Crippen molar-refractivity contribution in [2.45, 2.75) is 78.1 Å². The minimum absolute atomic E-state index is 0.0713. The molecule has 0 aromatic rings. The highest BCUT2D eigenvalue weighted by Crippen LogP contribution is 2.65. The third-order valence-corrected chi connectivity index (χ3v) is 6.58. The van der Waals surface area contributed by atoms with E-state index in [0.29, 0.717) is 16.7 Å². The van der Waals surface area contributed by atoms with Gasteiger partial charge in [-0.15, -0.1) is 0 Å². The molecule has 3 rings (SSSR count). The van der Waals surface area contributed by atoms with Crippen LogP contribution < -0.4 is 0 Å². The lowest BCUT2D eigenvalue weighted by Crippen LogP contribution is -2.55. The summed E-state index contributed by atoms with van der Waals surface area (Å²) in [5.41, 5.74) is 0.756. The van der Waals surface area contributed by atoms with Gasteiger partial charge in [-0.2, -0.15) is 0 Å². The van der Waals surface area contributed by atoms with Crippen LogP contribution in [0.3, 0.4) is 0 Å². The Kier molecular flexibility index (Phi) is 2.68. The molecule has 0 bridgehead atoms. The van der Waals surface area contributed by atoms with Crippen molar-refractivity contribution in [3.8, 4) is 0 Å². The van der Waals surface area contributed by atoms with Gasteiger partial charge in [0.15, 0.2) is 6.29 Å². The van der Waals surface area contributed by atoms with Crippen molar-refractivity contribution in [2.75, 3.05) is 0 Å².